The third-order valence-corrected chi connectivity index (χ3v) is 2.83. The zero-order valence-corrected chi connectivity index (χ0v) is 11.6. The number of ether oxygens (including phenoxy) is 1. The van der Waals surface area contributed by atoms with Crippen LogP contribution in [0.4, 0.5) is 6.01 Å². The van der Waals surface area contributed by atoms with Crippen LogP contribution in [-0.4, -0.2) is 16.1 Å². The normalized spacial score (nSPS) is 10.2. The van der Waals surface area contributed by atoms with E-state index in [2.05, 4.69) is 15.5 Å². The molecule has 0 aliphatic rings. The molecule has 0 saturated heterocycles. The van der Waals surface area contributed by atoms with E-state index < -0.39 is 0 Å². The van der Waals surface area contributed by atoms with Gasteiger partial charge in [0.25, 0.3) is 11.8 Å². The van der Waals surface area contributed by atoms with Gasteiger partial charge in [0.05, 0.1) is 0 Å². The first-order chi connectivity index (χ1) is 10.8. The molecule has 0 spiro atoms. The lowest BCUT2D eigenvalue weighted by atomic mass is 10.2. The van der Waals surface area contributed by atoms with Crippen molar-refractivity contribution >= 4 is 11.9 Å². The maximum Gasteiger partial charge on any atom is 0.322 e. The highest BCUT2D eigenvalue weighted by molar-refractivity contribution is 6.02. The second kappa shape index (κ2) is 6.53. The minimum absolute atomic E-state index is 0.0421. The molecule has 1 amide bonds. The molecule has 3 aromatic rings. The van der Waals surface area contributed by atoms with Crippen LogP contribution in [0.3, 0.4) is 0 Å². The highest BCUT2D eigenvalue weighted by atomic mass is 16.5. The summed E-state index contributed by atoms with van der Waals surface area (Å²) in [5, 5.41) is 10.1. The van der Waals surface area contributed by atoms with Crippen molar-refractivity contribution < 1.29 is 13.9 Å². The first-order valence-electron chi connectivity index (χ1n) is 6.68. The van der Waals surface area contributed by atoms with Crippen molar-refractivity contribution in [1.82, 2.24) is 10.2 Å². The van der Waals surface area contributed by atoms with Crippen molar-refractivity contribution in [2.45, 2.75) is 6.61 Å². The lowest BCUT2D eigenvalue weighted by Crippen LogP contribution is -2.11. The predicted molar refractivity (Wildman–Crippen MR) is 79.5 cm³/mol. The Bertz CT molecular complexity index is 742. The van der Waals surface area contributed by atoms with E-state index in [1.807, 2.05) is 36.4 Å². The van der Waals surface area contributed by atoms with Gasteiger partial charge < -0.3 is 9.15 Å². The topological polar surface area (TPSA) is 77.2 Å². The number of rotatable bonds is 5. The number of benzene rings is 2. The largest absolute Gasteiger partial charge is 0.484 e. The summed E-state index contributed by atoms with van der Waals surface area (Å²) in [5.74, 6) is 0.683. The number of para-hydroxylation sites is 1. The summed E-state index contributed by atoms with van der Waals surface area (Å²) in [5.41, 5.74) is 0.516. The molecule has 0 fully saturated rings. The number of hydrogen-bond acceptors (Lipinski definition) is 5. The van der Waals surface area contributed by atoms with E-state index in [1.165, 1.54) is 0 Å². The summed E-state index contributed by atoms with van der Waals surface area (Å²) in [4.78, 5) is 11.9. The van der Waals surface area contributed by atoms with Crippen molar-refractivity contribution in [3.63, 3.8) is 0 Å². The fraction of sp³-hybridized carbons (Fsp3) is 0.0625. The summed E-state index contributed by atoms with van der Waals surface area (Å²) < 4.78 is 10.8. The second-order valence-corrected chi connectivity index (χ2v) is 4.42. The van der Waals surface area contributed by atoms with Crippen molar-refractivity contribution in [3.8, 4) is 5.75 Å². The first-order valence-corrected chi connectivity index (χ1v) is 6.68. The molecular weight excluding hydrogens is 282 g/mol. The lowest BCUT2D eigenvalue weighted by Gasteiger charge is -2.02. The van der Waals surface area contributed by atoms with Gasteiger partial charge in [-0.05, 0) is 24.3 Å². The van der Waals surface area contributed by atoms with Gasteiger partial charge in [-0.3, -0.25) is 10.1 Å². The monoisotopic (exact) mass is 295 g/mol. The Morgan fingerprint density at radius 1 is 1.00 bits per heavy atom. The first kappa shape index (κ1) is 13.8. The van der Waals surface area contributed by atoms with E-state index >= 15 is 0 Å². The molecule has 22 heavy (non-hydrogen) atoms. The third-order valence-electron chi connectivity index (χ3n) is 2.83. The Hall–Kier alpha value is -3.15. The fourth-order valence-electron chi connectivity index (χ4n) is 1.78. The van der Waals surface area contributed by atoms with Gasteiger partial charge in [0, 0.05) is 5.56 Å². The Balaban J connectivity index is 1.58. The highest BCUT2D eigenvalue weighted by Gasteiger charge is 2.11. The van der Waals surface area contributed by atoms with E-state index in [4.69, 9.17) is 9.15 Å². The van der Waals surface area contributed by atoms with Crippen LogP contribution in [0.1, 0.15) is 16.2 Å². The van der Waals surface area contributed by atoms with Crippen LogP contribution < -0.4 is 10.1 Å². The van der Waals surface area contributed by atoms with E-state index in [9.17, 15) is 4.79 Å². The van der Waals surface area contributed by atoms with Gasteiger partial charge in [0.2, 0.25) is 0 Å². The van der Waals surface area contributed by atoms with Crippen LogP contribution in [0.5, 0.6) is 5.75 Å². The molecule has 0 bridgehead atoms. The molecule has 2 aromatic carbocycles. The lowest BCUT2D eigenvalue weighted by molar-refractivity contribution is 0.102. The molecule has 0 saturated carbocycles. The number of amides is 1. The van der Waals surface area contributed by atoms with Crippen LogP contribution in [0.15, 0.2) is 65.1 Å². The Morgan fingerprint density at radius 2 is 1.68 bits per heavy atom. The Morgan fingerprint density at radius 3 is 2.41 bits per heavy atom. The molecule has 0 aliphatic carbocycles. The van der Waals surface area contributed by atoms with Crippen LogP contribution >= 0.6 is 0 Å². The van der Waals surface area contributed by atoms with Gasteiger partial charge in [0.15, 0.2) is 6.61 Å². The zero-order valence-electron chi connectivity index (χ0n) is 11.6. The molecule has 1 N–H and O–H groups in total. The number of anilines is 1. The molecule has 1 aromatic heterocycles. The molecule has 3 rings (SSSR count). The SMILES string of the molecule is O=C(Nc1nnc(COc2ccccc2)o1)c1ccccc1. The fourth-order valence-corrected chi connectivity index (χ4v) is 1.78. The van der Waals surface area contributed by atoms with E-state index in [-0.39, 0.29) is 24.4 Å². The average molecular weight is 295 g/mol. The number of hydrogen-bond donors (Lipinski definition) is 1. The number of carbonyl (C=O) groups is 1. The predicted octanol–water partition coefficient (Wildman–Crippen LogP) is 2.90. The molecule has 0 radical (unpaired) electrons. The van der Waals surface area contributed by atoms with Gasteiger partial charge in [-0.1, -0.05) is 41.5 Å². The number of nitrogens with zero attached hydrogens (tertiary/aromatic N) is 2. The molecule has 0 unspecified atom stereocenters. The molecule has 6 nitrogen and oxygen atoms in total. The van der Waals surface area contributed by atoms with Crippen molar-refractivity contribution in [2.24, 2.45) is 0 Å². The zero-order chi connectivity index (χ0) is 15.2. The molecule has 0 aliphatic heterocycles. The minimum atomic E-state index is -0.306. The number of nitrogens with one attached hydrogen (secondary N) is 1. The standard InChI is InChI=1S/C16H13N3O3/c20-15(12-7-3-1-4-8-12)17-16-19-18-14(22-16)11-21-13-9-5-2-6-10-13/h1-10H,11H2,(H,17,19,20). The highest BCUT2D eigenvalue weighted by Crippen LogP contribution is 2.13. The van der Waals surface area contributed by atoms with Gasteiger partial charge in [-0.2, -0.15) is 0 Å². The maximum absolute atomic E-state index is 11.9. The molecule has 0 atom stereocenters. The van der Waals surface area contributed by atoms with Gasteiger partial charge in [-0.15, -0.1) is 5.10 Å². The summed E-state index contributed by atoms with van der Waals surface area (Å²) in [6.45, 7) is 0.137. The summed E-state index contributed by atoms with van der Waals surface area (Å²) in [6, 6.07) is 18.1. The summed E-state index contributed by atoms with van der Waals surface area (Å²) >= 11 is 0. The minimum Gasteiger partial charge on any atom is -0.484 e. The second-order valence-electron chi connectivity index (χ2n) is 4.42. The molecular formula is C16H13N3O3. The maximum atomic E-state index is 11.9. The van der Waals surface area contributed by atoms with Crippen molar-refractivity contribution in [3.05, 3.63) is 72.1 Å². The van der Waals surface area contributed by atoms with Gasteiger partial charge >= 0.3 is 6.01 Å². The summed E-state index contributed by atoms with van der Waals surface area (Å²) in [7, 11) is 0. The van der Waals surface area contributed by atoms with Crippen LogP contribution in [-0.2, 0) is 6.61 Å². The van der Waals surface area contributed by atoms with Crippen molar-refractivity contribution in [2.75, 3.05) is 5.32 Å². The molecule has 1 heterocycles. The smallest absolute Gasteiger partial charge is 0.322 e. The quantitative estimate of drug-likeness (QED) is 0.783. The number of aromatic nitrogens is 2. The number of carbonyl (C=O) groups excluding carboxylic acids is 1. The third kappa shape index (κ3) is 3.49. The average Bonchev–Trinajstić information content (AvgIpc) is 3.02. The Labute approximate surface area is 126 Å². The van der Waals surface area contributed by atoms with Crippen LogP contribution in [0.2, 0.25) is 0 Å². The summed E-state index contributed by atoms with van der Waals surface area (Å²) in [6.07, 6.45) is 0. The van der Waals surface area contributed by atoms with E-state index in [0.29, 0.717) is 11.3 Å². The van der Waals surface area contributed by atoms with Gasteiger partial charge in [0.1, 0.15) is 5.75 Å². The van der Waals surface area contributed by atoms with Crippen LogP contribution in [0.25, 0.3) is 0 Å². The Kier molecular flexibility index (Phi) is 4.10. The van der Waals surface area contributed by atoms with E-state index in [0.717, 1.165) is 0 Å². The van der Waals surface area contributed by atoms with Crippen molar-refractivity contribution in [1.29, 1.82) is 0 Å². The van der Waals surface area contributed by atoms with Crippen LogP contribution in [0, 0.1) is 0 Å². The van der Waals surface area contributed by atoms with Gasteiger partial charge in [-0.25, -0.2) is 0 Å². The molecule has 6 heteroatoms. The van der Waals surface area contributed by atoms with E-state index in [1.54, 1.807) is 24.3 Å². The molecule has 110 valence electrons.